The van der Waals surface area contributed by atoms with E-state index in [9.17, 15) is 4.39 Å². The number of ether oxygens (including phenoxy) is 3. The molecular weight excluding hydrogens is 345 g/mol. The number of hydrogen-bond donors (Lipinski definition) is 0. The molecule has 0 bridgehead atoms. The lowest BCUT2D eigenvalue weighted by Gasteiger charge is -2.38. The average Bonchev–Trinajstić information content (AvgIpc) is 3.15. The van der Waals surface area contributed by atoms with Gasteiger partial charge >= 0.3 is 0 Å². The standard InChI is InChI=1S/C22H24FNO3/c1-2-10-24-11-9-20(16-3-5-18(23)6-4-16)17(13-24)14-25-19-7-8-21-22(12-19)27-15-26-21/h2-8,12,17,20H,1,9-11,13-15H2/t17-,20-/m0/s1. The minimum Gasteiger partial charge on any atom is -0.493 e. The average molecular weight is 369 g/mol. The van der Waals surface area contributed by atoms with Crippen molar-refractivity contribution in [1.82, 2.24) is 4.90 Å². The summed E-state index contributed by atoms with van der Waals surface area (Å²) in [6.07, 6.45) is 2.96. The van der Waals surface area contributed by atoms with E-state index in [0.29, 0.717) is 18.4 Å². The van der Waals surface area contributed by atoms with Crippen molar-refractivity contribution in [2.45, 2.75) is 12.3 Å². The van der Waals surface area contributed by atoms with Gasteiger partial charge in [0, 0.05) is 25.1 Å². The van der Waals surface area contributed by atoms with Crippen LogP contribution >= 0.6 is 0 Å². The van der Waals surface area contributed by atoms with Crippen LogP contribution < -0.4 is 14.2 Å². The zero-order valence-corrected chi connectivity index (χ0v) is 15.3. The van der Waals surface area contributed by atoms with Gasteiger partial charge in [-0.1, -0.05) is 18.2 Å². The maximum atomic E-state index is 13.3. The number of likely N-dealkylation sites (tertiary alicyclic amines) is 1. The van der Waals surface area contributed by atoms with E-state index in [2.05, 4.69) is 11.5 Å². The van der Waals surface area contributed by atoms with Crippen molar-refractivity contribution in [3.05, 3.63) is 66.5 Å². The molecule has 0 saturated carbocycles. The molecule has 2 atom stereocenters. The first kappa shape index (κ1) is 17.9. The number of halogens is 1. The number of rotatable bonds is 6. The van der Waals surface area contributed by atoms with Gasteiger partial charge in [-0.15, -0.1) is 6.58 Å². The Morgan fingerprint density at radius 1 is 1.15 bits per heavy atom. The molecule has 2 aliphatic rings. The summed E-state index contributed by atoms with van der Waals surface area (Å²) < 4.78 is 30.2. The Morgan fingerprint density at radius 2 is 1.96 bits per heavy atom. The molecule has 5 heteroatoms. The molecule has 4 nitrogen and oxygen atoms in total. The number of piperidine rings is 1. The maximum absolute atomic E-state index is 13.3. The molecule has 4 rings (SSSR count). The lowest BCUT2D eigenvalue weighted by atomic mass is 9.81. The Labute approximate surface area is 159 Å². The molecule has 2 aliphatic heterocycles. The first-order valence-corrected chi connectivity index (χ1v) is 9.34. The first-order chi connectivity index (χ1) is 13.2. The summed E-state index contributed by atoms with van der Waals surface area (Å²) >= 11 is 0. The largest absolute Gasteiger partial charge is 0.493 e. The van der Waals surface area contributed by atoms with Gasteiger partial charge < -0.3 is 14.2 Å². The van der Waals surface area contributed by atoms with Crippen LogP contribution in [0.1, 0.15) is 17.9 Å². The van der Waals surface area contributed by atoms with Gasteiger partial charge in [0.25, 0.3) is 0 Å². The molecule has 27 heavy (non-hydrogen) atoms. The topological polar surface area (TPSA) is 30.9 Å². The van der Waals surface area contributed by atoms with Crippen LogP contribution in [-0.4, -0.2) is 37.9 Å². The minimum atomic E-state index is -0.198. The van der Waals surface area contributed by atoms with Crippen molar-refractivity contribution in [1.29, 1.82) is 0 Å². The summed E-state index contributed by atoms with van der Waals surface area (Å²) in [4.78, 5) is 2.39. The van der Waals surface area contributed by atoms with Gasteiger partial charge in [-0.3, -0.25) is 4.90 Å². The molecule has 0 radical (unpaired) electrons. The molecular formula is C22H24FNO3. The zero-order chi connectivity index (χ0) is 18.6. The Balaban J connectivity index is 1.48. The third kappa shape index (κ3) is 4.08. The maximum Gasteiger partial charge on any atom is 0.231 e. The monoisotopic (exact) mass is 369 g/mol. The molecule has 0 spiro atoms. The summed E-state index contributed by atoms with van der Waals surface area (Å²) in [6, 6.07) is 12.5. The van der Waals surface area contributed by atoms with E-state index >= 15 is 0 Å². The number of benzene rings is 2. The van der Waals surface area contributed by atoms with Crippen LogP contribution in [0.15, 0.2) is 55.1 Å². The molecule has 1 saturated heterocycles. The molecule has 0 aromatic heterocycles. The molecule has 0 aliphatic carbocycles. The summed E-state index contributed by atoms with van der Waals surface area (Å²) in [5.41, 5.74) is 1.17. The predicted octanol–water partition coefficient (Wildman–Crippen LogP) is 4.22. The van der Waals surface area contributed by atoms with Crippen LogP contribution in [0.2, 0.25) is 0 Å². The first-order valence-electron chi connectivity index (χ1n) is 9.34. The second-order valence-electron chi connectivity index (χ2n) is 7.08. The summed E-state index contributed by atoms with van der Waals surface area (Å²) in [5.74, 6) is 2.71. The number of nitrogens with zero attached hydrogens (tertiary/aromatic N) is 1. The highest BCUT2D eigenvalue weighted by atomic mass is 19.1. The van der Waals surface area contributed by atoms with Crippen molar-refractivity contribution < 1.29 is 18.6 Å². The predicted molar refractivity (Wildman–Crippen MR) is 102 cm³/mol. The van der Waals surface area contributed by atoms with E-state index in [1.165, 1.54) is 5.56 Å². The second kappa shape index (κ2) is 8.01. The highest BCUT2D eigenvalue weighted by Crippen LogP contribution is 2.37. The molecule has 0 amide bonds. The van der Waals surface area contributed by atoms with E-state index in [0.717, 1.165) is 43.3 Å². The van der Waals surface area contributed by atoms with E-state index < -0.39 is 0 Å². The van der Waals surface area contributed by atoms with Crippen LogP contribution in [0.3, 0.4) is 0 Å². The smallest absolute Gasteiger partial charge is 0.231 e. The fourth-order valence-electron chi connectivity index (χ4n) is 3.94. The Morgan fingerprint density at radius 3 is 2.78 bits per heavy atom. The highest BCUT2D eigenvalue weighted by molar-refractivity contribution is 5.46. The van der Waals surface area contributed by atoms with E-state index in [4.69, 9.17) is 14.2 Å². The van der Waals surface area contributed by atoms with Crippen molar-refractivity contribution in [3.8, 4) is 17.2 Å². The lowest BCUT2D eigenvalue weighted by molar-refractivity contribution is 0.119. The third-order valence-corrected chi connectivity index (χ3v) is 5.31. The molecule has 0 unspecified atom stereocenters. The molecule has 2 aromatic carbocycles. The van der Waals surface area contributed by atoms with Crippen molar-refractivity contribution in [3.63, 3.8) is 0 Å². The molecule has 0 N–H and O–H groups in total. The zero-order valence-electron chi connectivity index (χ0n) is 15.3. The van der Waals surface area contributed by atoms with Crippen molar-refractivity contribution >= 4 is 0 Å². The van der Waals surface area contributed by atoms with E-state index in [1.807, 2.05) is 36.4 Å². The van der Waals surface area contributed by atoms with Gasteiger partial charge in [0.2, 0.25) is 6.79 Å². The summed E-state index contributed by atoms with van der Waals surface area (Å²) in [6.45, 7) is 7.51. The highest BCUT2D eigenvalue weighted by Gasteiger charge is 2.30. The Bertz CT molecular complexity index is 793. The van der Waals surface area contributed by atoms with E-state index in [1.54, 1.807) is 12.1 Å². The van der Waals surface area contributed by atoms with Gasteiger partial charge in [0.05, 0.1) is 6.61 Å². The Hall–Kier alpha value is -2.53. The van der Waals surface area contributed by atoms with Gasteiger partial charge in [0.15, 0.2) is 11.5 Å². The third-order valence-electron chi connectivity index (χ3n) is 5.31. The summed E-state index contributed by atoms with van der Waals surface area (Å²) in [5, 5.41) is 0. The fraction of sp³-hybridized carbons (Fsp3) is 0.364. The summed E-state index contributed by atoms with van der Waals surface area (Å²) in [7, 11) is 0. The minimum absolute atomic E-state index is 0.198. The number of fused-ring (bicyclic) bond motifs is 1. The van der Waals surface area contributed by atoms with Gasteiger partial charge in [0.1, 0.15) is 11.6 Å². The normalized spacial score (nSPS) is 21.8. The quantitative estimate of drug-likeness (QED) is 0.713. The van der Waals surface area contributed by atoms with Crippen LogP contribution in [0.4, 0.5) is 4.39 Å². The van der Waals surface area contributed by atoms with Crippen LogP contribution in [0.25, 0.3) is 0 Å². The molecule has 2 heterocycles. The van der Waals surface area contributed by atoms with Gasteiger partial charge in [-0.25, -0.2) is 4.39 Å². The number of hydrogen-bond acceptors (Lipinski definition) is 4. The molecule has 1 fully saturated rings. The SMILES string of the molecule is C=CCN1CC[C@@H](c2ccc(F)cc2)[C@H](COc2ccc3c(c2)OCO3)C1. The second-order valence-corrected chi connectivity index (χ2v) is 7.08. The van der Waals surface area contributed by atoms with E-state index in [-0.39, 0.29) is 12.6 Å². The van der Waals surface area contributed by atoms with Gasteiger partial charge in [-0.05, 0) is 48.7 Å². The van der Waals surface area contributed by atoms with Gasteiger partial charge in [-0.2, -0.15) is 0 Å². The van der Waals surface area contributed by atoms with Crippen molar-refractivity contribution in [2.75, 3.05) is 33.0 Å². The molecule has 142 valence electrons. The van der Waals surface area contributed by atoms with Crippen LogP contribution in [-0.2, 0) is 0 Å². The van der Waals surface area contributed by atoms with Crippen LogP contribution in [0, 0.1) is 11.7 Å². The van der Waals surface area contributed by atoms with Crippen LogP contribution in [0.5, 0.6) is 17.2 Å². The fourth-order valence-corrected chi connectivity index (χ4v) is 3.94. The molecule has 2 aromatic rings. The Kier molecular flexibility index (Phi) is 5.30. The van der Waals surface area contributed by atoms with Crippen molar-refractivity contribution in [2.24, 2.45) is 5.92 Å². The lowest BCUT2D eigenvalue weighted by Crippen LogP contribution is -2.41.